The predicted molar refractivity (Wildman–Crippen MR) is 89.1 cm³/mol. The molecule has 5 nitrogen and oxygen atoms in total. The van der Waals surface area contributed by atoms with Gasteiger partial charge in [-0.05, 0) is 29.6 Å². The Labute approximate surface area is 137 Å². The minimum Gasteiger partial charge on any atom is -0.480 e. The molecule has 3 aromatic rings. The van der Waals surface area contributed by atoms with E-state index in [1.54, 1.807) is 34.1 Å². The summed E-state index contributed by atoms with van der Waals surface area (Å²) in [5, 5.41) is 11.2. The summed E-state index contributed by atoms with van der Waals surface area (Å²) in [6, 6.07) is 9.23. The summed E-state index contributed by atoms with van der Waals surface area (Å²) in [4.78, 5) is 28.7. The Bertz CT molecular complexity index is 865. The molecule has 0 aliphatic heterocycles. The number of fused-ring (bicyclic) bond motifs is 1. The van der Waals surface area contributed by atoms with E-state index in [1.165, 1.54) is 0 Å². The Kier molecular flexibility index (Phi) is 4.25. The second-order valence-corrected chi connectivity index (χ2v) is 6.28. The summed E-state index contributed by atoms with van der Waals surface area (Å²) in [6.07, 6.45) is 1.01. The summed E-state index contributed by atoms with van der Waals surface area (Å²) in [5.41, 5.74) is 2.02. The van der Waals surface area contributed by atoms with Crippen molar-refractivity contribution >= 4 is 34.1 Å². The van der Waals surface area contributed by atoms with Gasteiger partial charge in [-0.3, -0.25) is 9.59 Å². The maximum Gasteiger partial charge on any atom is 0.323 e. The van der Waals surface area contributed by atoms with Crippen molar-refractivity contribution in [3.05, 3.63) is 52.0 Å². The number of nitrogens with zero attached hydrogens (tertiary/aromatic N) is 2. The average Bonchev–Trinajstić information content (AvgIpc) is 3.15. The van der Waals surface area contributed by atoms with Crippen LogP contribution in [0.1, 0.15) is 34.4 Å². The fourth-order valence-corrected chi connectivity index (χ4v) is 3.27. The van der Waals surface area contributed by atoms with E-state index in [0.717, 1.165) is 10.4 Å². The van der Waals surface area contributed by atoms with E-state index >= 15 is 0 Å². The van der Waals surface area contributed by atoms with Gasteiger partial charge in [0.2, 0.25) is 0 Å². The number of aliphatic carboxylic acids is 1. The molecule has 0 radical (unpaired) electrons. The van der Waals surface area contributed by atoms with Crippen LogP contribution in [-0.2, 0) is 17.8 Å². The molecule has 6 heteroatoms. The van der Waals surface area contributed by atoms with Gasteiger partial charge < -0.3 is 9.67 Å². The van der Waals surface area contributed by atoms with Crippen LogP contribution in [0, 0.1) is 0 Å². The van der Waals surface area contributed by atoms with Gasteiger partial charge in [0.05, 0.1) is 11.0 Å². The molecule has 1 aromatic carbocycles. The van der Waals surface area contributed by atoms with Crippen molar-refractivity contribution in [1.29, 1.82) is 0 Å². The molecule has 0 aliphatic rings. The predicted octanol–water partition coefficient (Wildman–Crippen LogP) is 3.37. The number of ketones is 1. The lowest BCUT2D eigenvalue weighted by molar-refractivity contribution is -0.137. The fraction of sp³-hybridized carbons (Fsp3) is 0.235. The number of hydrogen-bond acceptors (Lipinski definition) is 4. The molecule has 0 unspecified atom stereocenters. The highest BCUT2D eigenvalue weighted by molar-refractivity contribution is 7.09. The summed E-state index contributed by atoms with van der Waals surface area (Å²) in [5.74, 6) is -0.157. The number of hydrogen-bond donors (Lipinski definition) is 1. The number of rotatable bonds is 6. The smallest absolute Gasteiger partial charge is 0.323 e. The van der Waals surface area contributed by atoms with Gasteiger partial charge in [-0.1, -0.05) is 13.0 Å². The van der Waals surface area contributed by atoms with Crippen molar-refractivity contribution in [2.45, 2.75) is 26.3 Å². The zero-order chi connectivity index (χ0) is 16.4. The van der Waals surface area contributed by atoms with Crippen molar-refractivity contribution in [2.24, 2.45) is 0 Å². The quantitative estimate of drug-likeness (QED) is 0.704. The molecule has 2 heterocycles. The molecule has 0 fully saturated rings. The SMILES string of the molecule is CCC(=O)c1ccc2c(c1)nc(Cc1cccs1)n2CC(=O)O. The summed E-state index contributed by atoms with van der Waals surface area (Å²) < 4.78 is 1.71. The molecule has 0 spiro atoms. The molecule has 118 valence electrons. The molecule has 3 rings (SSSR count). The Morgan fingerprint density at radius 3 is 2.78 bits per heavy atom. The van der Waals surface area contributed by atoms with E-state index in [2.05, 4.69) is 4.98 Å². The molecular formula is C17H16N2O3S. The minimum atomic E-state index is -0.912. The molecule has 2 aromatic heterocycles. The van der Waals surface area contributed by atoms with Crippen LogP contribution in [0.3, 0.4) is 0 Å². The van der Waals surface area contributed by atoms with E-state index in [9.17, 15) is 14.7 Å². The third-order valence-corrected chi connectivity index (χ3v) is 4.55. The first-order chi connectivity index (χ1) is 11.1. The maximum atomic E-state index is 11.9. The number of Topliss-reactive ketones (excluding diaryl/α,β-unsaturated/α-hetero) is 1. The first-order valence-corrected chi connectivity index (χ1v) is 8.23. The molecule has 1 N–H and O–H groups in total. The van der Waals surface area contributed by atoms with E-state index in [-0.39, 0.29) is 12.3 Å². The molecule has 0 amide bonds. The lowest BCUT2D eigenvalue weighted by Crippen LogP contribution is -2.12. The molecule has 0 aliphatic carbocycles. The van der Waals surface area contributed by atoms with E-state index in [1.807, 2.05) is 24.4 Å². The van der Waals surface area contributed by atoms with Crippen molar-refractivity contribution < 1.29 is 14.7 Å². The van der Waals surface area contributed by atoms with Gasteiger partial charge in [0.1, 0.15) is 12.4 Å². The minimum absolute atomic E-state index is 0.0551. The van der Waals surface area contributed by atoms with Crippen molar-refractivity contribution in [3.63, 3.8) is 0 Å². The van der Waals surface area contributed by atoms with Crippen molar-refractivity contribution in [1.82, 2.24) is 9.55 Å². The van der Waals surface area contributed by atoms with Gasteiger partial charge in [-0.15, -0.1) is 11.3 Å². The van der Waals surface area contributed by atoms with Gasteiger partial charge in [0.25, 0.3) is 0 Å². The first-order valence-electron chi connectivity index (χ1n) is 7.35. The maximum absolute atomic E-state index is 11.9. The average molecular weight is 328 g/mol. The lowest BCUT2D eigenvalue weighted by atomic mass is 10.1. The third kappa shape index (κ3) is 3.17. The molecule has 0 bridgehead atoms. The third-order valence-electron chi connectivity index (χ3n) is 3.68. The number of carboxylic acid groups (broad SMARTS) is 1. The Morgan fingerprint density at radius 1 is 1.30 bits per heavy atom. The van der Waals surface area contributed by atoms with E-state index < -0.39 is 5.97 Å². The second kappa shape index (κ2) is 6.34. The van der Waals surface area contributed by atoms with Gasteiger partial charge in [-0.2, -0.15) is 0 Å². The summed E-state index contributed by atoms with van der Waals surface area (Å²) in [7, 11) is 0. The van der Waals surface area contributed by atoms with Crippen LogP contribution < -0.4 is 0 Å². The number of carbonyl (C=O) groups excluding carboxylic acids is 1. The highest BCUT2D eigenvalue weighted by Gasteiger charge is 2.15. The normalized spacial score (nSPS) is 11.0. The van der Waals surface area contributed by atoms with Gasteiger partial charge >= 0.3 is 5.97 Å². The van der Waals surface area contributed by atoms with Crippen LogP contribution >= 0.6 is 11.3 Å². The van der Waals surface area contributed by atoms with Crippen LogP contribution in [0.15, 0.2) is 35.7 Å². The second-order valence-electron chi connectivity index (χ2n) is 5.24. The molecule has 0 saturated carbocycles. The number of carboxylic acids is 1. The lowest BCUT2D eigenvalue weighted by Gasteiger charge is -2.05. The fourth-order valence-electron chi connectivity index (χ4n) is 2.57. The largest absolute Gasteiger partial charge is 0.480 e. The highest BCUT2D eigenvalue weighted by atomic mass is 32.1. The monoisotopic (exact) mass is 328 g/mol. The van der Waals surface area contributed by atoms with Gasteiger partial charge in [-0.25, -0.2) is 4.98 Å². The number of thiophene rings is 1. The van der Waals surface area contributed by atoms with Gasteiger partial charge in [0, 0.05) is 23.3 Å². The highest BCUT2D eigenvalue weighted by Crippen LogP contribution is 2.22. The van der Waals surface area contributed by atoms with E-state index in [4.69, 9.17) is 0 Å². The van der Waals surface area contributed by atoms with Crippen molar-refractivity contribution in [2.75, 3.05) is 0 Å². The van der Waals surface area contributed by atoms with Gasteiger partial charge in [0.15, 0.2) is 5.78 Å². The summed E-state index contributed by atoms with van der Waals surface area (Å²) >= 11 is 1.61. The molecule has 0 atom stereocenters. The molecule has 23 heavy (non-hydrogen) atoms. The van der Waals surface area contributed by atoms with Crippen LogP contribution in [0.2, 0.25) is 0 Å². The number of imidazole rings is 1. The van der Waals surface area contributed by atoms with Crippen LogP contribution in [0.25, 0.3) is 11.0 Å². The number of carbonyl (C=O) groups is 2. The Morgan fingerprint density at radius 2 is 2.13 bits per heavy atom. The topological polar surface area (TPSA) is 72.2 Å². The number of aromatic nitrogens is 2. The zero-order valence-corrected chi connectivity index (χ0v) is 13.5. The standard InChI is InChI=1S/C17H16N2O3S/c1-2-15(20)11-5-6-14-13(8-11)18-16(19(14)10-17(21)22)9-12-4-3-7-23-12/h3-8H,2,9-10H2,1H3,(H,21,22). The molecular weight excluding hydrogens is 312 g/mol. The Hall–Kier alpha value is -2.47. The van der Waals surface area contributed by atoms with E-state index in [0.29, 0.717) is 29.7 Å². The Balaban J connectivity index is 2.09. The summed E-state index contributed by atoms with van der Waals surface area (Å²) in [6.45, 7) is 1.68. The van der Waals surface area contributed by atoms with Crippen LogP contribution in [-0.4, -0.2) is 26.4 Å². The zero-order valence-electron chi connectivity index (χ0n) is 12.7. The molecule has 0 saturated heterocycles. The van der Waals surface area contributed by atoms with Crippen LogP contribution in [0.4, 0.5) is 0 Å². The first kappa shape index (κ1) is 15.4. The van der Waals surface area contributed by atoms with Crippen LogP contribution in [0.5, 0.6) is 0 Å². The number of benzene rings is 1. The van der Waals surface area contributed by atoms with Crippen molar-refractivity contribution in [3.8, 4) is 0 Å².